The monoisotopic (exact) mass is 300 g/mol. The highest BCUT2D eigenvalue weighted by atomic mass is 127. The number of rotatable bonds is 4. The van der Waals surface area contributed by atoms with Crippen LogP contribution in [0.4, 0.5) is 0 Å². The SMILES string of the molecule is C=C=C(C)CCOc1ccc(I)cc1. The van der Waals surface area contributed by atoms with Gasteiger partial charge in [0.15, 0.2) is 0 Å². The minimum absolute atomic E-state index is 0.689. The van der Waals surface area contributed by atoms with E-state index < -0.39 is 0 Å². The van der Waals surface area contributed by atoms with Crippen molar-refractivity contribution in [2.24, 2.45) is 0 Å². The molecule has 0 unspecified atom stereocenters. The highest BCUT2D eigenvalue weighted by molar-refractivity contribution is 14.1. The Hall–Kier alpha value is -0.730. The molecule has 0 bridgehead atoms. The van der Waals surface area contributed by atoms with Gasteiger partial charge in [0.25, 0.3) is 0 Å². The van der Waals surface area contributed by atoms with E-state index in [0.29, 0.717) is 6.61 Å². The number of hydrogen-bond donors (Lipinski definition) is 0. The molecule has 0 amide bonds. The van der Waals surface area contributed by atoms with Crippen molar-refractivity contribution in [1.82, 2.24) is 0 Å². The molecule has 0 radical (unpaired) electrons. The molecule has 1 aromatic rings. The maximum atomic E-state index is 5.54. The van der Waals surface area contributed by atoms with Crippen LogP contribution >= 0.6 is 22.6 Å². The summed E-state index contributed by atoms with van der Waals surface area (Å²) in [5.74, 6) is 0.919. The molecule has 0 saturated carbocycles. The third kappa shape index (κ3) is 3.99. The zero-order chi connectivity index (χ0) is 10.4. The first-order valence-electron chi connectivity index (χ1n) is 4.46. The average molecular weight is 300 g/mol. The predicted octanol–water partition coefficient (Wildman–Crippen LogP) is 3.79. The molecule has 0 spiro atoms. The fourth-order valence-electron chi connectivity index (χ4n) is 0.941. The van der Waals surface area contributed by atoms with E-state index in [2.05, 4.69) is 34.9 Å². The molecule has 0 aliphatic carbocycles. The van der Waals surface area contributed by atoms with Crippen LogP contribution < -0.4 is 4.74 Å². The van der Waals surface area contributed by atoms with Crippen molar-refractivity contribution in [2.45, 2.75) is 13.3 Å². The Balaban J connectivity index is 2.39. The van der Waals surface area contributed by atoms with Gasteiger partial charge in [-0.1, -0.05) is 6.58 Å². The van der Waals surface area contributed by atoms with Crippen LogP contribution in [-0.4, -0.2) is 6.61 Å². The number of ether oxygens (including phenoxy) is 1. The third-order valence-corrected chi connectivity index (χ3v) is 2.58. The normalized spacial score (nSPS) is 9.29. The summed E-state index contributed by atoms with van der Waals surface area (Å²) in [6.07, 6.45) is 0.884. The second-order valence-electron chi connectivity index (χ2n) is 3.01. The van der Waals surface area contributed by atoms with Crippen LogP contribution in [0.5, 0.6) is 5.75 Å². The molecule has 1 rings (SSSR count). The summed E-state index contributed by atoms with van der Waals surface area (Å²) in [5.41, 5.74) is 3.98. The van der Waals surface area contributed by atoms with Gasteiger partial charge in [0.05, 0.1) is 6.61 Å². The molecule has 0 aromatic heterocycles. The van der Waals surface area contributed by atoms with E-state index in [4.69, 9.17) is 4.74 Å². The van der Waals surface area contributed by atoms with Gasteiger partial charge in [-0.2, -0.15) is 0 Å². The van der Waals surface area contributed by atoms with Crippen LogP contribution in [0.3, 0.4) is 0 Å². The van der Waals surface area contributed by atoms with Gasteiger partial charge >= 0.3 is 0 Å². The van der Waals surface area contributed by atoms with Crippen molar-refractivity contribution < 1.29 is 4.74 Å². The van der Waals surface area contributed by atoms with Gasteiger partial charge in [-0.15, -0.1) is 5.73 Å². The van der Waals surface area contributed by atoms with Crippen molar-refractivity contribution in [1.29, 1.82) is 0 Å². The molecule has 74 valence electrons. The molecular weight excluding hydrogens is 287 g/mol. The molecule has 2 heteroatoms. The van der Waals surface area contributed by atoms with E-state index in [1.165, 1.54) is 3.57 Å². The van der Waals surface area contributed by atoms with E-state index >= 15 is 0 Å². The van der Waals surface area contributed by atoms with Crippen molar-refractivity contribution in [3.8, 4) is 5.75 Å². The van der Waals surface area contributed by atoms with Crippen LogP contribution in [0, 0.1) is 3.57 Å². The minimum atomic E-state index is 0.689. The van der Waals surface area contributed by atoms with Gasteiger partial charge in [0.2, 0.25) is 0 Å². The first-order valence-corrected chi connectivity index (χ1v) is 5.54. The van der Waals surface area contributed by atoms with Gasteiger partial charge in [0.1, 0.15) is 5.75 Å². The van der Waals surface area contributed by atoms with Crippen LogP contribution in [0.1, 0.15) is 13.3 Å². The first-order chi connectivity index (χ1) is 6.72. The number of hydrogen-bond acceptors (Lipinski definition) is 1. The van der Waals surface area contributed by atoms with E-state index in [0.717, 1.165) is 17.7 Å². The third-order valence-electron chi connectivity index (χ3n) is 1.86. The summed E-state index contributed by atoms with van der Waals surface area (Å²) in [7, 11) is 0. The summed E-state index contributed by atoms with van der Waals surface area (Å²) in [4.78, 5) is 0. The van der Waals surface area contributed by atoms with Crippen LogP contribution in [-0.2, 0) is 0 Å². The lowest BCUT2D eigenvalue weighted by Gasteiger charge is -2.05. The Bertz CT molecular complexity index is 334. The van der Waals surface area contributed by atoms with Crippen molar-refractivity contribution in [3.05, 3.63) is 45.7 Å². The van der Waals surface area contributed by atoms with E-state index in [9.17, 15) is 0 Å². The maximum absolute atomic E-state index is 5.54. The molecule has 1 aromatic carbocycles. The Morgan fingerprint density at radius 3 is 2.64 bits per heavy atom. The van der Waals surface area contributed by atoms with Crippen molar-refractivity contribution in [3.63, 3.8) is 0 Å². The molecule has 0 aliphatic rings. The van der Waals surface area contributed by atoms with Crippen LogP contribution in [0.15, 0.2) is 42.1 Å². The molecule has 0 atom stereocenters. The summed E-state index contributed by atoms with van der Waals surface area (Å²) in [6, 6.07) is 8.03. The molecular formula is C12H13IO. The van der Waals surface area contributed by atoms with Gasteiger partial charge in [-0.05, 0) is 59.4 Å². The molecule has 0 heterocycles. The Kier molecular flexibility index (Phi) is 4.77. The Morgan fingerprint density at radius 1 is 1.43 bits per heavy atom. The second kappa shape index (κ2) is 5.89. The summed E-state index contributed by atoms with van der Waals surface area (Å²) in [5, 5.41) is 0. The van der Waals surface area contributed by atoms with Gasteiger partial charge in [-0.25, -0.2) is 0 Å². The lowest BCUT2D eigenvalue weighted by molar-refractivity contribution is 0.321. The summed E-state index contributed by atoms with van der Waals surface area (Å²) in [6.45, 7) is 6.27. The standard InChI is InChI=1S/C12H13IO/c1-3-10(2)8-9-14-12-6-4-11(13)5-7-12/h4-7H,1,8-9H2,2H3. The molecule has 14 heavy (non-hydrogen) atoms. The van der Waals surface area contributed by atoms with Gasteiger partial charge in [-0.3, -0.25) is 0 Å². The first kappa shape index (κ1) is 11.3. The van der Waals surface area contributed by atoms with Crippen molar-refractivity contribution >= 4 is 22.6 Å². The maximum Gasteiger partial charge on any atom is 0.119 e. The molecule has 1 nitrogen and oxygen atoms in total. The molecule has 0 saturated heterocycles. The lowest BCUT2D eigenvalue weighted by atomic mass is 10.2. The highest BCUT2D eigenvalue weighted by Gasteiger charge is 1.93. The number of halogens is 1. The fraction of sp³-hybridized carbons (Fsp3) is 0.250. The van der Waals surface area contributed by atoms with E-state index in [1.807, 2.05) is 31.2 Å². The van der Waals surface area contributed by atoms with Crippen LogP contribution in [0.2, 0.25) is 0 Å². The lowest BCUT2D eigenvalue weighted by Crippen LogP contribution is -1.97. The Morgan fingerprint density at radius 2 is 2.07 bits per heavy atom. The Labute approximate surface area is 98.6 Å². The second-order valence-corrected chi connectivity index (χ2v) is 4.26. The van der Waals surface area contributed by atoms with Crippen LogP contribution in [0.25, 0.3) is 0 Å². The fourth-order valence-corrected chi connectivity index (χ4v) is 1.30. The van der Waals surface area contributed by atoms with Gasteiger partial charge in [0, 0.05) is 9.99 Å². The highest BCUT2D eigenvalue weighted by Crippen LogP contribution is 2.14. The largest absolute Gasteiger partial charge is 0.493 e. The molecule has 0 fully saturated rings. The van der Waals surface area contributed by atoms with Crippen molar-refractivity contribution in [2.75, 3.05) is 6.61 Å². The summed E-state index contributed by atoms with van der Waals surface area (Å²) >= 11 is 2.27. The molecule has 0 N–H and O–H groups in total. The average Bonchev–Trinajstić information content (AvgIpc) is 2.21. The smallest absolute Gasteiger partial charge is 0.119 e. The summed E-state index contributed by atoms with van der Waals surface area (Å²) < 4.78 is 6.76. The minimum Gasteiger partial charge on any atom is -0.493 e. The zero-order valence-corrected chi connectivity index (χ0v) is 10.4. The van der Waals surface area contributed by atoms with Gasteiger partial charge < -0.3 is 4.74 Å². The predicted molar refractivity (Wildman–Crippen MR) is 67.6 cm³/mol. The quantitative estimate of drug-likeness (QED) is 0.607. The van der Waals surface area contributed by atoms with E-state index in [-0.39, 0.29) is 0 Å². The molecule has 0 aliphatic heterocycles. The topological polar surface area (TPSA) is 9.23 Å². The van der Waals surface area contributed by atoms with E-state index in [1.54, 1.807) is 0 Å². The number of benzene rings is 1. The zero-order valence-electron chi connectivity index (χ0n) is 8.22.